The number of rotatable bonds is 5. The Kier molecular flexibility index (Phi) is 5.43. The molecule has 0 bridgehead atoms. The van der Waals surface area contributed by atoms with Crippen molar-refractivity contribution in [2.24, 2.45) is 0 Å². The summed E-state index contributed by atoms with van der Waals surface area (Å²) in [6, 6.07) is -0.597. The Hall–Kier alpha value is -1.79. The van der Waals surface area contributed by atoms with Crippen molar-refractivity contribution in [3.63, 3.8) is 0 Å². The molecule has 0 heterocycles. The van der Waals surface area contributed by atoms with E-state index in [1.165, 1.54) is 21.0 Å². The fraction of sp³-hybridized carbons (Fsp3) is 0.700. The molecule has 7 heteroatoms. The molecule has 0 saturated carbocycles. The number of hydrogen-bond donors (Lipinski definition) is 3. The first-order valence-corrected chi connectivity index (χ1v) is 5.24. The van der Waals surface area contributed by atoms with Gasteiger partial charge in [-0.1, -0.05) is 6.92 Å². The molecule has 0 aliphatic heterocycles. The molecule has 98 valence electrons. The monoisotopic (exact) mass is 245 g/mol. The van der Waals surface area contributed by atoms with Crippen molar-refractivity contribution in [1.82, 2.24) is 15.5 Å². The van der Waals surface area contributed by atoms with Crippen LogP contribution in [-0.4, -0.2) is 54.1 Å². The molecule has 0 aromatic rings. The minimum absolute atomic E-state index is 0.123. The van der Waals surface area contributed by atoms with Gasteiger partial charge in [-0.05, 0) is 13.3 Å². The summed E-state index contributed by atoms with van der Waals surface area (Å²) in [5.41, 5.74) is -1.33. The van der Waals surface area contributed by atoms with Crippen LogP contribution in [0.1, 0.15) is 20.3 Å². The Morgan fingerprint density at radius 1 is 1.35 bits per heavy atom. The molecule has 1 atom stereocenters. The van der Waals surface area contributed by atoms with Gasteiger partial charge in [0.05, 0.1) is 0 Å². The average Bonchev–Trinajstić information content (AvgIpc) is 2.27. The predicted molar refractivity (Wildman–Crippen MR) is 61.6 cm³/mol. The fourth-order valence-corrected chi connectivity index (χ4v) is 0.991. The number of urea groups is 1. The predicted octanol–water partition coefficient (Wildman–Crippen LogP) is -0.373. The van der Waals surface area contributed by atoms with Gasteiger partial charge in [-0.2, -0.15) is 0 Å². The molecule has 0 aromatic carbocycles. The maximum absolute atomic E-state index is 11.6. The van der Waals surface area contributed by atoms with E-state index in [1.54, 1.807) is 6.92 Å². The Morgan fingerprint density at radius 3 is 2.24 bits per heavy atom. The zero-order valence-corrected chi connectivity index (χ0v) is 10.5. The maximum Gasteiger partial charge on any atom is 0.329 e. The summed E-state index contributed by atoms with van der Waals surface area (Å²) in [4.78, 5) is 34.8. The van der Waals surface area contributed by atoms with Crippen LogP contribution < -0.4 is 10.6 Å². The molecule has 0 saturated heterocycles. The van der Waals surface area contributed by atoms with Crippen LogP contribution in [0, 0.1) is 0 Å². The third-order valence-electron chi connectivity index (χ3n) is 2.57. The highest BCUT2D eigenvalue weighted by Crippen LogP contribution is 2.09. The van der Waals surface area contributed by atoms with Crippen LogP contribution in [0.2, 0.25) is 0 Å². The van der Waals surface area contributed by atoms with Crippen molar-refractivity contribution in [1.29, 1.82) is 0 Å². The van der Waals surface area contributed by atoms with Gasteiger partial charge < -0.3 is 20.6 Å². The molecule has 0 fully saturated rings. The van der Waals surface area contributed by atoms with E-state index in [0.29, 0.717) is 0 Å². The molecular formula is C10H19N3O4. The van der Waals surface area contributed by atoms with Gasteiger partial charge in [0.25, 0.3) is 0 Å². The second kappa shape index (κ2) is 6.07. The third kappa shape index (κ3) is 4.29. The van der Waals surface area contributed by atoms with E-state index in [4.69, 9.17) is 5.11 Å². The summed E-state index contributed by atoms with van der Waals surface area (Å²) < 4.78 is 0. The SMILES string of the molecule is CCC(C)(NC(=O)N(C)CC(=O)NC)C(=O)O. The van der Waals surface area contributed by atoms with Crippen LogP contribution >= 0.6 is 0 Å². The molecule has 0 aliphatic rings. The lowest BCUT2D eigenvalue weighted by Crippen LogP contribution is -2.56. The van der Waals surface area contributed by atoms with Gasteiger partial charge >= 0.3 is 12.0 Å². The van der Waals surface area contributed by atoms with Crippen molar-refractivity contribution >= 4 is 17.9 Å². The maximum atomic E-state index is 11.6. The zero-order valence-electron chi connectivity index (χ0n) is 10.5. The molecule has 0 aliphatic carbocycles. The van der Waals surface area contributed by atoms with Crippen molar-refractivity contribution in [2.45, 2.75) is 25.8 Å². The molecule has 0 radical (unpaired) electrons. The first-order valence-electron chi connectivity index (χ1n) is 5.24. The van der Waals surface area contributed by atoms with Gasteiger partial charge in [0, 0.05) is 14.1 Å². The molecule has 1 unspecified atom stereocenters. The molecule has 17 heavy (non-hydrogen) atoms. The Bertz CT molecular complexity index is 319. The summed E-state index contributed by atoms with van der Waals surface area (Å²) in [7, 11) is 2.88. The Labute approximate surface area is 100 Å². The number of nitrogens with one attached hydrogen (secondary N) is 2. The van der Waals surface area contributed by atoms with Gasteiger partial charge in [0.15, 0.2) is 0 Å². The second-order valence-electron chi connectivity index (χ2n) is 3.95. The van der Waals surface area contributed by atoms with Crippen LogP contribution in [-0.2, 0) is 9.59 Å². The quantitative estimate of drug-likeness (QED) is 0.615. The average molecular weight is 245 g/mol. The van der Waals surface area contributed by atoms with E-state index < -0.39 is 17.5 Å². The van der Waals surface area contributed by atoms with Crippen molar-refractivity contribution < 1.29 is 19.5 Å². The van der Waals surface area contributed by atoms with Crippen molar-refractivity contribution in [3.05, 3.63) is 0 Å². The van der Waals surface area contributed by atoms with E-state index in [0.717, 1.165) is 4.90 Å². The zero-order chi connectivity index (χ0) is 13.6. The number of carboxylic acid groups (broad SMARTS) is 1. The van der Waals surface area contributed by atoms with Gasteiger partial charge in [0.2, 0.25) is 5.91 Å². The van der Waals surface area contributed by atoms with Gasteiger partial charge in [-0.25, -0.2) is 9.59 Å². The number of amides is 3. The summed E-state index contributed by atoms with van der Waals surface area (Å²) >= 11 is 0. The van der Waals surface area contributed by atoms with E-state index >= 15 is 0 Å². The number of aliphatic carboxylic acids is 1. The van der Waals surface area contributed by atoms with Crippen molar-refractivity contribution in [3.8, 4) is 0 Å². The van der Waals surface area contributed by atoms with Gasteiger partial charge in [-0.15, -0.1) is 0 Å². The molecular weight excluding hydrogens is 226 g/mol. The molecule has 7 nitrogen and oxygen atoms in total. The standard InChI is InChI=1S/C10H19N3O4/c1-5-10(2,8(15)16)12-9(17)13(4)6-7(14)11-3/h5-6H2,1-4H3,(H,11,14)(H,12,17)(H,15,16). The lowest BCUT2D eigenvalue weighted by atomic mass is 10.00. The first-order chi connectivity index (χ1) is 7.76. The summed E-state index contributed by atoms with van der Waals surface area (Å²) in [6.45, 7) is 2.95. The molecule has 3 N–H and O–H groups in total. The summed E-state index contributed by atoms with van der Waals surface area (Å²) in [6.07, 6.45) is 0.252. The van der Waals surface area contributed by atoms with Crippen LogP contribution in [0.25, 0.3) is 0 Å². The summed E-state index contributed by atoms with van der Waals surface area (Å²) in [5, 5.41) is 13.7. The van der Waals surface area contributed by atoms with E-state index in [9.17, 15) is 14.4 Å². The van der Waals surface area contributed by atoms with Crippen LogP contribution in [0.3, 0.4) is 0 Å². The van der Waals surface area contributed by atoms with Crippen molar-refractivity contribution in [2.75, 3.05) is 20.6 Å². The smallest absolute Gasteiger partial charge is 0.329 e. The Balaban J connectivity index is 4.52. The van der Waals surface area contributed by atoms with Gasteiger partial charge in [0.1, 0.15) is 12.1 Å². The molecule has 0 spiro atoms. The topological polar surface area (TPSA) is 98.7 Å². The fourth-order valence-electron chi connectivity index (χ4n) is 0.991. The lowest BCUT2D eigenvalue weighted by molar-refractivity contribution is -0.143. The number of likely N-dealkylation sites (N-methyl/N-ethyl adjacent to an activating group) is 2. The molecule has 0 aromatic heterocycles. The third-order valence-corrected chi connectivity index (χ3v) is 2.57. The summed E-state index contributed by atoms with van der Waals surface area (Å²) in [5.74, 6) is -1.43. The highest BCUT2D eigenvalue weighted by molar-refractivity contribution is 5.88. The number of carbonyl (C=O) groups is 3. The minimum Gasteiger partial charge on any atom is -0.480 e. The largest absolute Gasteiger partial charge is 0.480 e. The van der Waals surface area contributed by atoms with Crippen LogP contribution in [0.4, 0.5) is 4.79 Å². The van der Waals surface area contributed by atoms with Gasteiger partial charge in [-0.3, -0.25) is 4.79 Å². The van der Waals surface area contributed by atoms with Crippen LogP contribution in [0.5, 0.6) is 0 Å². The number of hydrogen-bond acceptors (Lipinski definition) is 3. The number of carboxylic acids is 1. The van der Waals surface area contributed by atoms with E-state index in [1.807, 2.05) is 0 Å². The molecule has 0 rings (SSSR count). The first kappa shape index (κ1) is 15.2. The van der Waals surface area contributed by atoms with E-state index in [2.05, 4.69) is 10.6 Å². The lowest BCUT2D eigenvalue weighted by Gasteiger charge is -2.27. The second-order valence-corrected chi connectivity index (χ2v) is 3.95. The number of carbonyl (C=O) groups excluding carboxylic acids is 2. The highest BCUT2D eigenvalue weighted by Gasteiger charge is 2.33. The Morgan fingerprint density at radius 2 is 1.88 bits per heavy atom. The highest BCUT2D eigenvalue weighted by atomic mass is 16.4. The normalized spacial score (nSPS) is 13.4. The molecule has 3 amide bonds. The van der Waals surface area contributed by atoms with E-state index in [-0.39, 0.29) is 18.9 Å². The number of nitrogens with zero attached hydrogens (tertiary/aromatic N) is 1. The minimum atomic E-state index is -1.33. The van der Waals surface area contributed by atoms with Crippen LogP contribution in [0.15, 0.2) is 0 Å².